The van der Waals surface area contributed by atoms with Gasteiger partial charge in [-0.15, -0.1) is 0 Å². The maximum absolute atomic E-state index is 12.8. The zero-order chi connectivity index (χ0) is 15.7. The van der Waals surface area contributed by atoms with E-state index in [-0.39, 0.29) is 17.5 Å². The number of carbonyl (C=O) groups excluding carboxylic acids is 1. The molecule has 2 rings (SSSR count). The maximum atomic E-state index is 12.8. The predicted molar refractivity (Wildman–Crippen MR) is 77.6 cm³/mol. The van der Waals surface area contributed by atoms with Crippen LogP contribution in [0.2, 0.25) is 0 Å². The Morgan fingerprint density at radius 2 is 1.95 bits per heavy atom. The first-order valence-corrected chi connectivity index (χ1v) is 7.51. The molecule has 2 atom stereocenters. The predicted octanol–water partition coefficient (Wildman–Crippen LogP) is 2.83. The summed E-state index contributed by atoms with van der Waals surface area (Å²) in [5.74, 6) is -0.781. The molecule has 21 heavy (non-hydrogen) atoms. The number of rotatable bonds is 5. The molecule has 0 saturated carbocycles. The van der Waals surface area contributed by atoms with Gasteiger partial charge in [-0.3, -0.25) is 4.99 Å². The lowest BCUT2D eigenvalue weighted by Gasteiger charge is -2.18. The Balaban J connectivity index is 2.08. The van der Waals surface area contributed by atoms with Crippen LogP contribution < -0.4 is 0 Å². The van der Waals surface area contributed by atoms with E-state index in [1.54, 1.807) is 0 Å². The molecule has 1 aliphatic heterocycles. The molecule has 0 aliphatic carbocycles. The standard InChI is InChI=1S/C13H11F3INO3/c14-13(15,16)12(7-18-12)9-3-1-8(2-4-9)11(20)21-10(19)5-6-17/h1-4,7,10,19H,5-6H2. The van der Waals surface area contributed by atoms with E-state index < -0.39 is 24.0 Å². The van der Waals surface area contributed by atoms with E-state index in [2.05, 4.69) is 4.99 Å². The lowest BCUT2D eigenvalue weighted by atomic mass is 9.96. The molecule has 1 aliphatic rings. The molecular weight excluding hydrogens is 402 g/mol. The zero-order valence-corrected chi connectivity index (χ0v) is 12.8. The summed E-state index contributed by atoms with van der Waals surface area (Å²) in [6.45, 7) is 0. The Morgan fingerprint density at radius 1 is 1.38 bits per heavy atom. The van der Waals surface area contributed by atoms with Crippen LogP contribution in [0.5, 0.6) is 0 Å². The quantitative estimate of drug-likeness (QED) is 0.350. The van der Waals surface area contributed by atoms with Gasteiger partial charge in [-0.05, 0) is 17.7 Å². The summed E-state index contributed by atoms with van der Waals surface area (Å²) in [5.41, 5.74) is -2.24. The first-order chi connectivity index (χ1) is 9.80. The van der Waals surface area contributed by atoms with Crippen LogP contribution in [0.25, 0.3) is 0 Å². The number of esters is 1. The lowest BCUT2D eigenvalue weighted by molar-refractivity contribution is -0.156. The number of halogens is 4. The number of aliphatic hydroxyl groups excluding tert-OH is 1. The van der Waals surface area contributed by atoms with Crippen molar-refractivity contribution in [2.24, 2.45) is 4.99 Å². The Hall–Kier alpha value is -1.16. The van der Waals surface area contributed by atoms with Gasteiger partial charge in [-0.25, -0.2) is 4.79 Å². The summed E-state index contributed by atoms with van der Waals surface area (Å²) in [4.78, 5) is 15.0. The van der Waals surface area contributed by atoms with Crippen LogP contribution in [-0.2, 0) is 10.3 Å². The average Bonchev–Trinajstić information content (AvgIpc) is 3.20. The fourth-order valence-electron chi connectivity index (χ4n) is 1.73. The molecule has 114 valence electrons. The second-order valence-electron chi connectivity index (χ2n) is 4.44. The fourth-order valence-corrected chi connectivity index (χ4v) is 2.26. The van der Waals surface area contributed by atoms with Crippen LogP contribution in [0.15, 0.2) is 29.3 Å². The van der Waals surface area contributed by atoms with Crippen LogP contribution in [-0.4, -0.2) is 34.2 Å². The number of carbonyl (C=O) groups is 1. The van der Waals surface area contributed by atoms with Crippen molar-refractivity contribution in [3.63, 3.8) is 0 Å². The molecule has 1 N–H and O–H groups in total. The number of hydrogen-bond acceptors (Lipinski definition) is 4. The highest BCUT2D eigenvalue weighted by molar-refractivity contribution is 14.1. The van der Waals surface area contributed by atoms with Crippen molar-refractivity contribution in [1.82, 2.24) is 0 Å². The van der Waals surface area contributed by atoms with Gasteiger partial charge in [0.25, 0.3) is 0 Å². The molecule has 1 heterocycles. The van der Waals surface area contributed by atoms with Gasteiger partial charge in [0.05, 0.1) is 5.56 Å². The van der Waals surface area contributed by atoms with E-state index in [9.17, 15) is 23.1 Å². The van der Waals surface area contributed by atoms with Crippen molar-refractivity contribution in [2.45, 2.75) is 24.4 Å². The Labute approximate surface area is 132 Å². The first-order valence-electron chi connectivity index (χ1n) is 5.99. The number of hydrogen-bond donors (Lipinski definition) is 1. The third-order valence-electron chi connectivity index (χ3n) is 2.98. The van der Waals surface area contributed by atoms with Crippen LogP contribution in [0, 0.1) is 0 Å². The van der Waals surface area contributed by atoms with Crippen LogP contribution in [0.1, 0.15) is 22.3 Å². The average molecular weight is 413 g/mol. The lowest BCUT2D eigenvalue weighted by Crippen LogP contribution is -2.31. The summed E-state index contributed by atoms with van der Waals surface area (Å²) in [5, 5.41) is 9.36. The monoisotopic (exact) mass is 413 g/mol. The molecule has 4 nitrogen and oxygen atoms in total. The molecular formula is C13H11F3INO3. The van der Waals surface area contributed by atoms with Gasteiger partial charge in [0, 0.05) is 17.1 Å². The van der Waals surface area contributed by atoms with Crippen molar-refractivity contribution in [2.75, 3.05) is 4.43 Å². The van der Waals surface area contributed by atoms with E-state index in [1.807, 2.05) is 22.6 Å². The van der Waals surface area contributed by atoms with E-state index in [0.717, 1.165) is 6.21 Å². The van der Waals surface area contributed by atoms with Crippen LogP contribution >= 0.6 is 22.6 Å². The van der Waals surface area contributed by atoms with E-state index >= 15 is 0 Å². The number of aliphatic hydroxyl groups is 1. The van der Waals surface area contributed by atoms with Crippen molar-refractivity contribution in [1.29, 1.82) is 0 Å². The highest BCUT2D eigenvalue weighted by Gasteiger charge is 2.61. The fraction of sp³-hybridized carbons (Fsp3) is 0.385. The van der Waals surface area contributed by atoms with Crippen LogP contribution in [0.3, 0.4) is 0 Å². The van der Waals surface area contributed by atoms with E-state index in [0.29, 0.717) is 4.43 Å². The van der Waals surface area contributed by atoms with Gasteiger partial charge in [0.1, 0.15) is 0 Å². The van der Waals surface area contributed by atoms with Gasteiger partial charge in [-0.2, -0.15) is 13.2 Å². The molecule has 2 unspecified atom stereocenters. The molecule has 0 bridgehead atoms. The van der Waals surface area contributed by atoms with Gasteiger partial charge >= 0.3 is 12.1 Å². The second kappa shape index (κ2) is 5.91. The minimum atomic E-state index is -4.49. The van der Waals surface area contributed by atoms with E-state index in [1.165, 1.54) is 24.3 Å². The first kappa shape index (κ1) is 16.2. The maximum Gasteiger partial charge on any atom is 0.422 e. The summed E-state index contributed by atoms with van der Waals surface area (Å²) >= 11 is 2.02. The number of nitrogens with zero attached hydrogens (tertiary/aromatic N) is 1. The Kier molecular flexibility index (Phi) is 4.57. The molecule has 0 radical (unpaired) electrons. The van der Waals surface area contributed by atoms with Crippen molar-refractivity contribution >= 4 is 34.8 Å². The van der Waals surface area contributed by atoms with Gasteiger partial charge in [0.2, 0.25) is 11.8 Å². The van der Waals surface area contributed by atoms with Crippen LogP contribution in [0.4, 0.5) is 13.2 Å². The summed E-state index contributed by atoms with van der Waals surface area (Å²) in [7, 11) is 0. The number of ether oxygens (including phenoxy) is 1. The molecule has 1 aromatic carbocycles. The number of benzene rings is 1. The smallest absolute Gasteiger partial charge is 0.422 e. The second-order valence-corrected chi connectivity index (χ2v) is 5.52. The molecule has 0 fully saturated rings. The molecule has 0 spiro atoms. The summed E-state index contributed by atoms with van der Waals surface area (Å²) in [6.07, 6.45) is -4.60. The highest BCUT2D eigenvalue weighted by Crippen LogP contribution is 2.47. The minimum Gasteiger partial charge on any atom is -0.432 e. The van der Waals surface area contributed by atoms with Gasteiger partial charge < -0.3 is 9.84 Å². The third-order valence-corrected chi connectivity index (χ3v) is 3.60. The Bertz CT molecular complexity index is 551. The topological polar surface area (TPSA) is 58.9 Å². The summed E-state index contributed by atoms with van der Waals surface area (Å²) in [6, 6.07) is 4.82. The molecule has 0 aromatic heterocycles. The molecule has 8 heteroatoms. The van der Waals surface area contributed by atoms with E-state index in [4.69, 9.17) is 4.74 Å². The molecule has 0 amide bonds. The summed E-state index contributed by atoms with van der Waals surface area (Å²) < 4.78 is 43.9. The largest absolute Gasteiger partial charge is 0.432 e. The van der Waals surface area contributed by atoms with Crippen molar-refractivity contribution in [3.8, 4) is 0 Å². The van der Waals surface area contributed by atoms with Gasteiger partial charge in [-0.1, -0.05) is 34.7 Å². The van der Waals surface area contributed by atoms with Crippen molar-refractivity contribution in [3.05, 3.63) is 35.4 Å². The zero-order valence-electron chi connectivity index (χ0n) is 10.6. The normalized spacial score (nSPS) is 22.0. The Morgan fingerprint density at radius 3 is 2.38 bits per heavy atom. The number of alkyl halides is 4. The third kappa shape index (κ3) is 3.37. The molecule has 1 aromatic rings. The molecule has 0 saturated heterocycles. The van der Waals surface area contributed by atoms with Gasteiger partial charge in [0.15, 0.2) is 0 Å². The SMILES string of the molecule is O=C(OC(O)CCI)c1ccc(C2(C(F)(F)F)C=N2)cc1. The minimum absolute atomic E-state index is 0.0561. The van der Waals surface area contributed by atoms with Crippen molar-refractivity contribution < 1.29 is 27.8 Å². The number of aliphatic imine (C=N–C) groups is 1. The highest BCUT2D eigenvalue weighted by atomic mass is 127.